The Hall–Kier alpha value is -2.03. The first-order valence-electron chi connectivity index (χ1n) is 6.78. The molecule has 1 aromatic carbocycles. The maximum atomic E-state index is 12.1. The number of anilines is 1. The molecule has 1 amide bonds. The Kier molecular flexibility index (Phi) is 5.39. The Morgan fingerprint density at radius 2 is 2.21 bits per heavy atom. The number of rotatable bonds is 6. The molecule has 0 aliphatic carbocycles. The average molecular weight is 384 g/mol. The summed E-state index contributed by atoms with van der Waals surface area (Å²) in [6, 6.07) is 8.48. The monoisotopic (exact) mass is 383 g/mol. The SMILES string of the molecule is O=C(CSc1nnnn1Cc1ccco1)Nc1ccc(Cl)cc1Cl. The fourth-order valence-electron chi connectivity index (χ4n) is 1.86. The molecule has 0 saturated heterocycles. The lowest BCUT2D eigenvalue weighted by Crippen LogP contribution is -2.15. The molecule has 0 unspecified atom stereocenters. The van der Waals surface area contributed by atoms with Gasteiger partial charge in [0.1, 0.15) is 12.3 Å². The molecule has 124 valence electrons. The predicted octanol–water partition coefficient (Wildman–Crippen LogP) is 3.35. The van der Waals surface area contributed by atoms with Crippen molar-refractivity contribution in [3.8, 4) is 0 Å². The number of nitrogens with zero attached hydrogens (tertiary/aromatic N) is 4. The van der Waals surface area contributed by atoms with Crippen LogP contribution in [0.3, 0.4) is 0 Å². The van der Waals surface area contributed by atoms with Gasteiger partial charge in [0.25, 0.3) is 0 Å². The lowest BCUT2D eigenvalue weighted by Gasteiger charge is -2.07. The van der Waals surface area contributed by atoms with Crippen molar-refractivity contribution in [2.24, 2.45) is 0 Å². The van der Waals surface area contributed by atoms with Crippen molar-refractivity contribution >= 4 is 46.6 Å². The summed E-state index contributed by atoms with van der Waals surface area (Å²) in [4.78, 5) is 12.1. The number of furan rings is 1. The van der Waals surface area contributed by atoms with E-state index in [-0.39, 0.29) is 11.7 Å². The molecule has 0 radical (unpaired) electrons. The second-order valence-corrected chi connectivity index (χ2v) is 6.45. The predicted molar refractivity (Wildman–Crippen MR) is 91.4 cm³/mol. The Labute approximate surface area is 151 Å². The third kappa shape index (κ3) is 4.28. The van der Waals surface area contributed by atoms with E-state index in [9.17, 15) is 4.79 Å². The zero-order chi connectivity index (χ0) is 16.9. The standard InChI is InChI=1S/C14H11Cl2N5O2S/c15-9-3-4-12(11(16)6-9)17-13(22)8-24-14-18-19-20-21(14)7-10-2-1-5-23-10/h1-6H,7-8H2,(H,17,22). The van der Waals surface area contributed by atoms with E-state index >= 15 is 0 Å². The van der Waals surface area contributed by atoms with Gasteiger partial charge in [0, 0.05) is 5.02 Å². The van der Waals surface area contributed by atoms with Gasteiger partial charge in [-0.15, -0.1) is 5.10 Å². The van der Waals surface area contributed by atoms with Crippen molar-refractivity contribution < 1.29 is 9.21 Å². The van der Waals surface area contributed by atoms with Crippen LogP contribution in [0, 0.1) is 0 Å². The van der Waals surface area contributed by atoms with E-state index in [1.165, 1.54) is 11.8 Å². The smallest absolute Gasteiger partial charge is 0.234 e. The molecule has 2 heterocycles. The van der Waals surface area contributed by atoms with Crippen LogP contribution in [0.4, 0.5) is 5.69 Å². The summed E-state index contributed by atoms with van der Waals surface area (Å²) < 4.78 is 6.82. The first-order valence-corrected chi connectivity index (χ1v) is 8.52. The number of benzene rings is 1. The topological polar surface area (TPSA) is 85.8 Å². The minimum atomic E-state index is -0.225. The fourth-order valence-corrected chi connectivity index (χ4v) is 2.99. The molecule has 0 atom stereocenters. The highest BCUT2D eigenvalue weighted by Gasteiger charge is 2.12. The lowest BCUT2D eigenvalue weighted by atomic mass is 10.3. The lowest BCUT2D eigenvalue weighted by molar-refractivity contribution is -0.113. The van der Waals surface area contributed by atoms with E-state index in [0.717, 1.165) is 5.76 Å². The Bertz CT molecular complexity index is 838. The number of carbonyl (C=O) groups is 1. The van der Waals surface area contributed by atoms with Crippen LogP contribution in [-0.4, -0.2) is 31.9 Å². The molecule has 0 aliphatic heterocycles. The third-order valence-electron chi connectivity index (χ3n) is 2.92. The number of amides is 1. The number of hydrogen-bond acceptors (Lipinski definition) is 6. The van der Waals surface area contributed by atoms with Gasteiger partial charge in [-0.3, -0.25) is 4.79 Å². The normalized spacial score (nSPS) is 10.8. The van der Waals surface area contributed by atoms with E-state index in [4.69, 9.17) is 27.6 Å². The molecule has 0 spiro atoms. The van der Waals surface area contributed by atoms with Gasteiger partial charge in [0.15, 0.2) is 0 Å². The van der Waals surface area contributed by atoms with Crippen molar-refractivity contribution in [2.75, 3.05) is 11.1 Å². The van der Waals surface area contributed by atoms with Crippen LogP contribution in [0.25, 0.3) is 0 Å². The highest BCUT2D eigenvalue weighted by atomic mass is 35.5. The summed E-state index contributed by atoms with van der Waals surface area (Å²) in [7, 11) is 0. The number of aromatic nitrogens is 4. The van der Waals surface area contributed by atoms with E-state index in [2.05, 4.69) is 20.8 Å². The van der Waals surface area contributed by atoms with Gasteiger partial charge in [0.2, 0.25) is 11.1 Å². The molecule has 10 heteroatoms. The maximum Gasteiger partial charge on any atom is 0.234 e. The molecule has 7 nitrogen and oxygen atoms in total. The molecule has 0 aliphatic rings. The number of tetrazole rings is 1. The van der Waals surface area contributed by atoms with E-state index < -0.39 is 0 Å². The minimum absolute atomic E-state index is 0.136. The molecule has 2 aromatic heterocycles. The van der Waals surface area contributed by atoms with Crippen molar-refractivity contribution in [1.29, 1.82) is 0 Å². The van der Waals surface area contributed by atoms with Gasteiger partial charge in [-0.25, -0.2) is 4.68 Å². The van der Waals surface area contributed by atoms with Gasteiger partial charge in [-0.1, -0.05) is 35.0 Å². The van der Waals surface area contributed by atoms with Crippen LogP contribution in [0.2, 0.25) is 10.0 Å². The number of thioether (sulfide) groups is 1. The number of carbonyl (C=O) groups excluding carboxylic acids is 1. The van der Waals surface area contributed by atoms with Gasteiger partial charge in [-0.2, -0.15) is 0 Å². The number of halogens is 2. The third-order valence-corrected chi connectivity index (χ3v) is 4.43. The summed E-state index contributed by atoms with van der Waals surface area (Å²) in [5.41, 5.74) is 0.502. The molecular weight excluding hydrogens is 373 g/mol. The van der Waals surface area contributed by atoms with Crippen molar-refractivity contribution in [1.82, 2.24) is 20.2 Å². The second kappa shape index (κ2) is 7.69. The van der Waals surface area contributed by atoms with Crippen molar-refractivity contribution in [3.05, 3.63) is 52.4 Å². The van der Waals surface area contributed by atoms with E-state index in [1.807, 2.05) is 6.07 Å². The van der Waals surface area contributed by atoms with Crippen molar-refractivity contribution in [3.63, 3.8) is 0 Å². The average Bonchev–Trinajstić information content (AvgIpc) is 3.20. The van der Waals surface area contributed by atoms with Gasteiger partial charge in [0.05, 0.1) is 22.7 Å². The van der Waals surface area contributed by atoms with Crippen LogP contribution in [0.5, 0.6) is 0 Å². The molecule has 24 heavy (non-hydrogen) atoms. The molecule has 0 saturated carbocycles. The Morgan fingerprint density at radius 1 is 1.33 bits per heavy atom. The van der Waals surface area contributed by atoms with Crippen LogP contribution >= 0.6 is 35.0 Å². The largest absolute Gasteiger partial charge is 0.467 e. The van der Waals surface area contributed by atoms with Crippen LogP contribution < -0.4 is 5.32 Å². The summed E-state index contributed by atoms with van der Waals surface area (Å²) in [6.07, 6.45) is 1.58. The van der Waals surface area contributed by atoms with E-state index in [0.29, 0.717) is 27.4 Å². The van der Waals surface area contributed by atoms with Crippen molar-refractivity contribution in [2.45, 2.75) is 11.7 Å². The molecular formula is C14H11Cl2N5O2S. The quantitative estimate of drug-likeness (QED) is 0.656. The molecule has 1 N–H and O–H groups in total. The summed E-state index contributed by atoms with van der Waals surface area (Å²) >= 11 is 13.1. The zero-order valence-electron chi connectivity index (χ0n) is 12.1. The number of nitrogens with one attached hydrogen (secondary N) is 1. The highest BCUT2D eigenvalue weighted by Crippen LogP contribution is 2.25. The van der Waals surface area contributed by atoms with Gasteiger partial charge >= 0.3 is 0 Å². The van der Waals surface area contributed by atoms with Crippen LogP contribution in [-0.2, 0) is 11.3 Å². The minimum Gasteiger partial charge on any atom is -0.467 e. The molecule has 3 aromatic rings. The molecule has 3 rings (SSSR count). The molecule has 0 bridgehead atoms. The Morgan fingerprint density at radius 3 is 2.96 bits per heavy atom. The van der Waals surface area contributed by atoms with Gasteiger partial charge in [-0.05, 0) is 40.8 Å². The summed E-state index contributed by atoms with van der Waals surface area (Å²) in [5, 5.41) is 15.5. The molecule has 0 fully saturated rings. The summed E-state index contributed by atoms with van der Waals surface area (Å²) in [6.45, 7) is 0.396. The Balaban J connectivity index is 1.58. The van der Waals surface area contributed by atoms with Crippen LogP contribution in [0.1, 0.15) is 5.76 Å². The number of hydrogen-bond donors (Lipinski definition) is 1. The maximum absolute atomic E-state index is 12.1. The van der Waals surface area contributed by atoms with E-state index in [1.54, 1.807) is 35.2 Å². The summed E-state index contributed by atoms with van der Waals surface area (Å²) in [5.74, 6) is 0.635. The fraction of sp³-hybridized carbons (Fsp3) is 0.143. The first kappa shape index (κ1) is 16.8. The second-order valence-electron chi connectivity index (χ2n) is 4.66. The highest BCUT2D eigenvalue weighted by molar-refractivity contribution is 7.99. The first-order chi connectivity index (χ1) is 11.6. The zero-order valence-corrected chi connectivity index (χ0v) is 14.5. The van der Waals surface area contributed by atoms with Gasteiger partial charge < -0.3 is 9.73 Å². The van der Waals surface area contributed by atoms with Crippen LogP contribution in [0.15, 0.2) is 46.2 Å².